The summed E-state index contributed by atoms with van der Waals surface area (Å²) in [6.07, 6.45) is 39.3. The van der Waals surface area contributed by atoms with Crippen LogP contribution < -0.4 is 0 Å². The molecule has 0 heterocycles. The zero-order valence-corrected chi connectivity index (χ0v) is 23.3. The van der Waals surface area contributed by atoms with E-state index < -0.39 is 0 Å². The Bertz CT molecular complexity index is 452. The zero-order chi connectivity index (χ0) is 24.8. The average Bonchev–Trinajstić information content (AvgIpc) is 2.84. The van der Waals surface area contributed by atoms with E-state index in [2.05, 4.69) is 38.2 Å². The Hall–Kier alpha value is -1.05. The van der Waals surface area contributed by atoms with Crippen molar-refractivity contribution in [2.75, 3.05) is 6.61 Å². The number of rotatable bonds is 27. The minimum Gasteiger partial charge on any atom is -0.466 e. The Morgan fingerprint density at radius 2 is 0.824 bits per heavy atom. The van der Waals surface area contributed by atoms with Gasteiger partial charge in [0.1, 0.15) is 0 Å². The molecule has 2 nitrogen and oxygen atoms in total. The summed E-state index contributed by atoms with van der Waals surface area (Å²) in [4.78, 5) is 11.8. The molecule has 34 heavy (non-hydrogen) atoms. The third kappa shape index (κ3) is 29.0. The number of hydrogen-bond donors (Lipinski definition) is 0. The molecule has 0 amide bonds. The second-order valence-electron chi connectivity index (χ2n) is 10.1. The summed E-state index contributed by atoms with van der Waals surface area (Å²) in [6.45, 7) is 5.14. The molecule has 0 saturated heterocycles. The first kappa shape index (κ1) is 33.0. The quantitative estimate of drug-likeness (QED) is 0.0669. The maximum atomic E-state index is 11.8. The molecule has 0 bridgehead atoms. The standard InChI is InChI=1S/C32H60O2/c1-3-5-7-9-11-13-15-17-19-21-23-25-27-29-31-34-32(33)30-28-26-24-22-20-18-16-14-12-10-8-6-4-2/h13-16H,3-12,17-31H2,1-2H3/b15-13-,16-14-. The molecule has 0 aliphatic rings. The first-order valence-corrected chi connectivity index (χ1v) is 15.3. The predicted molar refractivity (Wildman–Crippen MR) is 151 cm³/mol. The van der Waals surface area contributed by atoms with Crippen LogP contribution in [-0.2, 0) is 9.53 Å². The van der Waals surface area contributed by atoms with E-state index in [0.29, 0.717) is 13.0 Å². The maximum Gasteiger partial charge on any atom is 0.305 e. The second kappa shape index (κ2) is 30.0. The van der Waals surface area contributed by atoms with Crippen molar-refractivity contribution in [1.82, 2.24) is 0 Å². The van der Waals surface area contributed by atoms with Crippen LogP contribution in [0.3, 0.4) is 0 Å². The van der Waals surface area contributed by atoms with Crippen LogP contribution in [0.25, 0.3) is 0 Å². The van der Waals surface area contributed by atoms with E-state index in [0.717, 1.165) is 19.3 Å². The largest absolute Gasteiger partial charge is 0.466 e. The van der Waals surface area contributed by atoms with Crippen molar-refractivity contribution in [2.45, 2.75) is 168 Å². The van der Waals surface area contributed by atoms with Crippen LogP contribution in [0, 0.1) is 0 Å². The summed E-state index contributed by atoms with van der Waals surface area (Å²) in [5.41, 5.74) is 0. The fraction of sp³-hybridized carbons (Fsp3) is 0.844. The van der Waals surface area contributed by atoms with Crippen molar-refractivity contribution >= 4 is 5.97 Å². The highest BCUT2D eigenvalue weighted by Crippen LogP contribution is 2.11. The molecule has 0 rings (SSSR count). The van der Waals surface area contributed by atoms with Crippen molar-refractivity contribution in [2.24, 2.45) is 0 Å². The van der Waals surface area contributed by atoms with Gasteiger partial charge in [-0.1, -0.05) is 122 Å². The van der Waals surface area contributed by atoms with Crippen LogP contribution in [0.15, 0.2) is 24.3 Å². The molecule has 0 aromatic heterocycles. The Balaban J connectivity index is 3.23. The minimum atomic E-state index is 0.00693. The summed E-state index contributed by atoms with van der Waals surface area (Å²) in [7, 11) is 0. The highest BCUT2D eigenvalue weighted by Gasteiger charge is 2.02. The Morgan fingerprint density at radius 3 is 1.26 bits per heavy atom. The van der Waals surface area contributed by atoms with Crippen LogP contribution in [0.2, 0.25) is 0 Å². The van der Waals surface area contributed by atoms with E-state index in [1.54, 1.807) is 0 Å². The van der Waals surface area contributed by atoms with Gasteiger partial charge in [0.2, 0.25) is 0 Å². The lowest BCUT2D eigenvalue weighted by molar-refractivity contribution is -0.143. The van der Waals surface area contributed by atoms with E-state index in [1.807, 2.05) is 0 Å². The van der Waals surface area contributed by atoms with Gasteiger partial charge in [-0.3, -0.25) is 4.79 Å². The van der Waals surface area contributed by atoms with Gasteiger partial charge < -0.3 is 4.74 Å². The summed E-state index contributed by atoms with van der Waals surface area (Å²) >= 11 is 0. The highest BCUT2D eigenvalue weighted by atomic mass is 16.5. The van der Waals surface area contributed by atoms with Crippen molar-refractivity contribution < 1.29 is 9.53 Å². The normalized spacial score (nSPS) is 11.7. The van der Waals surface area contributed by atoms with Crippen molar-refractivity contribution in [1.29, 1.82) is 0 Å². The monoisotopic (exact) mass is 476 g/mol. The molecule has 0 aliphatic heterocycles. The number of hydrogen-bond acceptors (Lipinski definition) is 2. The van der Waals surface area contributed by atoms with E-state index in [1.165, 1.54) is 128 Å². The molecule has 200 valence electrons. The summed E-state index contributed by atoms with van der Waals surface area (Å²) < 4.78 is 5.40. The van der Waals surface area contributed by atoms with Gasteiger partial charge in [-0.15, -0.1) is 0 Å². The zero-order valence-electron chi connectivity index (χ0n) is 23.3. The van der Waals surface area contributed by atoms with Gasteiger partial charge in [0.25, 0.3) is 0 Å². The van der Waals surface area contributed by atoms with Gasteiger partial charge in [-0.05, 0) is 64.2 Å². The van der Waals surface area contributed by atoms with Crippen molar-refractivity contribution in [3.05, 3.63) is 24.3 Å². The third-order valence-electron chi connectivity index (χ3n) is 6.56. The van der Waals surface area contributed by atoms with Gasteiger partial charge in [-0.2, -0.15) is 0 Å². The van der Waals surface area contributed by atoms with Crippen molar-refractivity contribution in [3.63, 3.8) is 0 Å². The molecule has 0 fully saturated rings. The number of ether oxygens (including phenoxy) is 1. The summed E-state index contributed by atoms with van der Waals surface area (Å²) in [5.74, 6) is 0.00693. The highest BCUT2D eigenvalue weighted by molar-refractivity contribution is 5.69. The molecule has 0 saturated carbocycles. The molecule has 0 spiro atoms. The first-order valence-electron chi connectivity index (χ1n) is 15.3. The van der Waals surface area contributed by atoms with E-state index in [4.69, 9.17) is 4.74 Å². The van der Waals surface area contributed by atoms with E-state index >= 15 is 0 Å². The molecule has 2 heteroatoms. The summed E-state index contributed by atoms with van der Waals surface area (Å²) in [6, 6.07) is 0. The van der Waals surface area contributed by atoms with Crippen LogP contribution >= 0.6 is 0 Å². The second-order valence-corrected chi connectivity index (χ2v) is 10.1. The smallest absolute Gasteiger partial charge is 0.305 e. The molecule has 0 unspecified atom stereocenters. The molecule has 0 atom stereocenters. The van der Waals surface area contributed by atoms with E-state index in [-0.39, 0.29) is 5.97 Å². The Morgan fingerprint density at radius 1 is 0.471 bits per heavy atom. The fourth-order valence-corrected chi connectivity index (χ4v) is 4.24. The van der Waals surface area contributed by atoms with Gasteiger partial charge in [0, 0.05) is 6.42 Å². The minimum absolute atomic E-state index is 0.00693. The number of allylic oxidation sites excluding steroid dienone is 4. The average molecular weight is 477 g/mol. The van der Waals surface area contributed by atoms with Gasteiger partial charge in [-0.25, -0.2) is 0 Å². The molecule has 0 aromatic carbocycles. The van der Waals surface area contributed by atoms with Crippen LogP contribution in [0.5, 0.6) is 0 Å². The topological polar surface area (TPSA) is 26.3 Å². The van der Waals surface area contributed by atoms with E-state index in [9.17, 15) is 4.79 Å². The van der Waals surface area contributed by atoms with Crippen molar-refractivity contribution in [3.8, 4) is 0 Å². The number of esters is 1. The van der Waals surface area contributed by atoms with Gasteiger partial charge in [0.15, 0.2) is 0 Å². The van der Waals surface area contributed by atoms with Gasteiger partial charge in [0.05, 0.1) is 6.61 Å². The number of carbonyl (C=O) groups excluding carboxylic acids is 1. The maximum absolute atomic E-state index is 11.8. The first-order chi connectivity index (χ1) is 16.8. The predicted octanol–water partition coefficient (Wildman–Crippen LogP) is 11.0. The lowest BCUT2D eigenvalue weighted by Crippen LogP contribution is -2.05. The lowest BCUT2D eigenvalue weighted by Gasteiger charge is -2.05. The van der Waals surface area contributed by atoms with Crippen LogP contribution in [0.1, 0.15) is 168 Å². The molecular weight excluding hydrogens is 416 g/mol. The summed E-state index contributed by atoms with van der Waals surface area (Å²) in [5, 5.41) is 0. The number of unbranched alkanes of at least 4 members (excludes halogenated alkanes) is 19. The number of carbonyl (C=O) groups is 1. The molecule has 0 aliphatic carbocycles. The van der Waals surface area contributed by atoms with Gasteiger partial charge >= 0.3 is 5.97 Å². The third-order valence-corrected chi connectivity index (χ3v) is 6.56. The Kier molecular flexibility index (Phi) is 29.1. The molecule has 0 radical (unpaired) electrons. The van der Waals surface area contributed by atoms with Crippen LogP contribution in [-0.4, -0.2) is 12.6 Å². The molecular formula is C32H60O2. The van der Waals surface area contributed by atoms with Crippen LogP contribution in [0.4, 0.5) is 0 Å². The molecule has 0 N–H and O–H groups in total. The fourth-order valence-electron chi connectivity index (χ4n) is 4.24. The lowest BCUT2D eigenvalue weighted by atomic mass is 10.1. The SMILES string of the molecule is CCCCCC/C=C\CCCCCCCCOC(=O)CCCCCCC/C=C\CCCCCC. The Labute approximate surface area is 214 Å². The molecule has 0 aromatic rings.